The second-order valence-corrected chi connectivity index (χ2v) is 16.5. The molecule has 0 bridgehead atoms. The van der Waals surface area contributed by atoms with Crippen molar-refractivity contribution in [3.63, 3.8) is 0 Å². The number of likely N-dealkylation sites (tertiary alicyclic amines) is 2. The number of imidazole rings is 2. The molecule has 10 heteroatoms. The Labute approximate surface area is 325 Å². The van der Waals surface area contributed by atoms with Gasteiger partial charge in [0.1, 0.15) is 11.6 Å². The third-order valence-corrected chi connectivity index (χ3v) is 12.8. The van der Waals surface area contributed by atoms with Crippen LogP contribution in [-0.2, 0) is 22.4 Å². The van der Waals surface area contributed by atoms with Crippen LogP contribution in [0.2, 0.25) is 0 Å². The topological polar surface area (TPSA) is 98.0 Å². The van der Waals surface area contributed by atoms with Gasteiger partial charge in [0.25, 0.3) is 0 Å². The molecule has 4 aromatic heterocycles. The molecule has 2 saturated heterocycles. The first-order chi connectivity index (χ1) is 26.4. The van der Waals surface area contributed by atoms with Crippen molar-refractivity contribution in [1.29, 1.82) is 0 Å². The highest BCUT2D eigenvalue weighted by molar-refractivity contribution is 7.10. The first-order valence-electron chi connectivity index (χ1n) is 19.0. The normalized spacial score (nSPS) is 17.1. The zero-order chi connectivity index (χ0) is 37.0. The average Bonchev–Trinajstić information content (AvgIpc) is 4.03. The summed E-state index contributed by atoms with van der Waals surface area (Å²) in [5.74, 6) is 2.06. The number of carbonyl (C=O) groups excluding carboxylic acids is 2. The lowest BCUT2D eigenvalue weighted by Crippen LogP contribution is -2.31. The molecule has 0 saturated carbocycles. The molecule has 6 aromatic rings. The molecule has 2 aliphatic rings. The van der Waals surface area contributed by atoms with E-state index in [1.165, 1.54) is 26.4 Å². The monoisotopic (exact) mass is 754 g/mol. The number of benzene rings is 2. The Hall–Kier alpha value is -4.80. The molecule has 6 heterocycles. The number of nitrogens with one attached hydrogen (secondary N) is 2. The molecule has 2 aliphatic heterocycles. The van der Waals surface area contributed by atoms with E-state index in [-0.39, 0.29) is 23.9 Å². The Morgan fingerprint density at radius 2 is 1.19 bits per heavy atom. The quantitative estimate of drug-likeness (QED) is 0.123. The van der Waals surface area contributed by atoms with Crippen molar-refractivity contribution in [3.05, 3.63) is 129 Å². The third kappa shape index (κ3) is 7.72. The summed E-state index contributed by atoms with van der Waals surface area (Å²) in [5, 5.41) is 4.15. The van der Waals surface area contributed by atoms with Gasteiger partial charge in [-0.15, -0.1) is 22.7 Å². The first kappa shape index (κ1) is 36.2. The van der Waals surface area contributed by atoms with Crippen LogP contribution in [0.3, 0.4) is 0 Å². The summed E-state index contributed by atoms with van der Waals surface area (Å²) in [7, 11) is 0. The molecule has 2 fully saturated rings. The van der Waals surface area contributed by atoms with E-state index in [0.717, 1.165) is 91.3 Å². The van der Waals surface area contributed by atoms with Crippen molar-refractivity contribution in [2.24, 2.45) is 0 Å². The number of aromatic nitrogens is 4. The summed E-state index contributed by atoms with van der Waals surface area (Å²) >= 11 is 3.46. The zero-order valence-electron chi connectivity index (χ0n) is 30.9. The maximum Gasteiger partial charge on any atom is 0.223 e. The van der Waals surface area contributed by atoms with Crippen LogP contribution in [0.5, 0.6) is 0 Å². The Kier molecular flexibility index (Phi) is 10.9. The van der Waals surface area contributed by atoms with E-state index in [4.69, 9.17) is 9.97 Å². The molecular formula is C44H46N6O2S2. The molecular weight excluding hydrogens is 709 g/mol. The molecule has 2 N–H and O–H groups in total. The summed E-state index contributed by atoms with van der Waals surface area (Å²) in [6, 6.07) is 21.3. The largest absolute Gasteiger partial charge is 0.340 e. The van der Waals surface area contributed by atoms with Crippen molar-refractivity contribution < 1.29 is 9.59 Å². The molecule has 54 heavy (non-hydrogen) atoms. The number of hydrogen-bond acceptors (Lipinski definition) is 6. The Bertz CT molecular complexity index is 2180. The molecule has 0 spiro atoms. The highest BCUT2D eigenvalue weighted by atomic mass is 32.1. The number of nitrogens with zero attached hydrogens (tertiary/aromatic N) is 4. The molecule has 0 aliphatic carbocycles. The molecule has 2 aromatic carbocycles. The third-order valence-electron chi connectivity index (χ3n) is 11.0. The van der Waals surface area contributed by atoms with Crippen LogP contribution < -0.4 is 0 Å². The number of aromatic amines is 2. The first-order valence-corrected chi connectivity index (χ1v) is 20.8. The van der Waals surface area contributed by atoms with Gasteiger partial charge in [-0.05, 0) is 116 Å². The van der Waals surface area contributed by atoms with E-state index < -0.39 is 0 Å². The van der Waals surface area contributed by atoms with Crippen LogP contribution in [0.25, 0.3) is 33.6 Å². The molecule has 276 valence electrons. The number of hydrogen-bond donors (Lipinski definition) is 2. The summed E-state index contributed by atoms with van der Waals surface area (Å²) < 4.78 is 0. The molecule has 8 nitrogen and oxygen atoms in total. The number of rotatable bonds is 13. The van der Waals surface area contributed by atoms with E-state index in [2.05, 4.69) is 108 Å². The van der Waals surface area contributed by atoms with Gasteiger partial charge in [0.15, 0.2) is 0 Å². The fourth-order valence-electron chi connectivity index (χ4n) is 8.02. The van der Waals surface area contributed by atoms with Crippen molar-refractivity contribution in [2.45, 2.75) is 77.3 Å². The Morgan fingerprint density at radius 1 is 0.685 bits per heavy atom. The van der Waals surface area contributed by atoms with Crippen LogP contribution in [0, 0.1) is 26.7 Å². The standard InChI is InChI=1S/C44H46N6O2S2/c1-29-30(2)36(38-28-46-44(48-38)40-14-6-24-50(40)42(52)16-4-10-34-12-8-26-54-34)22-21-35(29)31-17-19-32(20-18-31)37-27-45-43(47-37)39-13-5-23-49(39)41(51)15-3-9-33-11-7-25-53-33/h3-4,7-8,11-12,17-22,25-28,39-40H,5-6,9-10,13-16,23-24H2,1-2H3,(H,45,47)(H,46,48)/t39?,40-/m0/s1. The molecule has 1 unspecified atom stereocenters. The van der Waals surface area contributed by atoms with Gasteiger partial charge in [0, 0.05) is 41.2 Å². The van der Waals surface area contributed by atoms with Crippen LogP contribution >= 0.6 is 22.7 Å². The van der Waals surface area contributed by atoms with Gasteiger partial charge < -0.3 is 19.8 Å². The molecule has 2 radical (unpaired) electrons. The van der Waals surface area contributed by atoms with Crippen molar-refractivity contribution in [3.8, 4) is 33.6 Å². The summed E-state index contributed by atoms with van der Waals surface area (Å²) in [4.78, 5) is 49.6. The van der Waals surface area contributed by atoms with Gasteiger partial charge in [0.05, 0.1) is 35.9 Å². The fourth-order valence-corrected chi connectivity index (χ4v) is 9.42. The highest BCUT2D eigenvalue weighted by Gasteiger charge is 2.33. The van der Waals surface area contributed by atoms with E-state index in [1.54, 1.807) is 22.7 Å². The van der Waals surface area contributed by atoms with Gasteiger partial charge in [-0.1, -0.05) is 48.5 Å². The summed E-state index contributed by atoms with van der Waals surface area (Å²) in [6.07, 6.45) is 14.4. The van der Waals surface area contributed by atoms with Crippen LogP contribution in [0.1, 0.15) is 83.1 Å². The minimum Gasteiger partial charge on any atom is -0.340 e. The zero-order valence-corrected chi connectivity index (χ0v) is 32.5. The maximum absolute atomic E-state index is 13.2. The summed E-state index contributed by atoms with van der Waals surface area (Å²) in [6.45, 7) is 5.90. The number of H-pyrrole nitrogens is 2. The molecule has 2 atom stereocenters. The second kappa shape index (κ2) is 16.3. The minimum atomic E-state index is -0.0172. The van der Waals surface area contributed by atoms with Crippen molar-refractivity contribution >= 4 is 34.5 Å². The predicted molar refractivity (Wildman–Crippen MR) is 218 cm³/mol. The van der Waals surface area contributed by atoms with Gasteiger partial charge in [-0.25, -0.2) is 9.97 Å². The van der Waals surface area contributed by atoms with Crippen LogP contribution in [-0.4, -0.2) is 54.6 Å². The lowest BCUT2D eigenvalue weighted by atomic mass is 9.92. The lowest BCUT2D eigenvalue weighted by molar-refractivity contribution is -0.132. The molecule has 2 amide bonds. The predicted octanol–water partition coefficient (Wildman–Crippen LogP) is 9.87. The van der Waals surface area contributed by atoms with E-state index in [9.17, 15) is 9.59 Å². The lowest BCUT2D eigenvalue weighted by Gasteiger charge is -2.23. The Morgan fingerprint density at radius 3 is 1.74 bits per heavy atom. The van der Waals surface area contributed by atoms with Crippen LogP contribution in [0.15, 0.2) is 83.8 Å². The fraction of sp³-hybridized carbons (Fsp3) is 0.318. The van der Waals surface area contributed by atoms with Gasteiger partial charge in [-0.2, -0.15) is 0 Å². The SMILES string of the molecule is Cc1c(-c2ccc(-c3cnc(C4CCCN4C(=O)C[CH]Cc4cccs4)[nH]3)cc2)ccc(-c2cnc([C@@H]3CCCN3C(=O)C[CH]Cc3cccs3)[nH]2)c1C. The summed E-state index contributed by atoms with van der Waals surface area (Å²) in [5.41, 5.74) is 8.88. The van der Waals surface area contributed by atoms with E-state index >= 15 is 0 Å². The Balaban J connectivity index is 0.907. The van der Waals surface area contributed by atoms with E-state index in [1.807, 2.05) is 22.2 Å². The van der Waals surface area contributed by atoms with Gasteiger partial charge in [0.2, 0.25) is 11.8 Å². The molecule has 8 rings (SSSR count). The second-order valence-electron chi connectivity index (χ2n) is 14.4. The minimum absolute atomic E-state index is 0.0133. The van der Waals surface area contributed by atoms with Crippen molar-refractivity contribution in [1.82, 2.24) is 29.7 Å². The number of carbonyl (C=O) groups is 2. The smallest absolute Gasteiger partial charge is 0.223 e. The van der Waals surface area contributed by atoms with Crippen LogP contribution in [0.4, 0.5) is 0 Å². The van der Waals surface area contributed by atoms with Gasteiger partial charge in [-0.3, -0.25) is 9.59 Å². The highest BCUT2D eigenvalue weighted by Crippen LogP contribution is 2.37. The maximum atomic E-state index is 13.2. The van der Waals surface area contributed by atoms with Gasteiger partial charge >= 0.3 is 0 Å². The number of amides is 2. The average molecular weight is 755 g/mol. The van der Waals surface area contributed by atoms with Crippen molar-refractivity contribution in [2.75, 3.05) is 13.1 Å². The van der Waals surface area contributed by atoms with E-state index in [0.29, 0.717) is 12.8 Å². The number of thiophene rings is 2.